The predicted molar refractivity (Wildman–Crippen MR) is 114 cm³/mol. The smallest absolute Gasteiger partial charge is 0.255 e. The van der Waals surface area contributed by atoms with Gasteiger partial charge in [-0.05, 0) is 48.2 Å². The number of hydrogen-bond acceptors (Lipinski definition) is 3. The van der Waals surface area contributed by atoms with Crippen molar-refractivity contribution in [2.24, 2.45) is 0 Å². The van der Waals surface area contributed by atoms with E-state index in [1.165, 1.54) is 10.4 Å². The number of sulfonamides is 1. The van der Waals surface area contributed by atoms with Crippen LogP contribution in [0.5, 0.6) is 0 Å². The fourth-order valence-corrected chi connectivity index (χ4v) is 4.50. The lowest BCUT2D eigenvalue weighted by atomic mass is 10.0. The standard InChI is InChI=1S/C22H29FN2O3S/c1-5-7-14-25(6-2)29(27,28)21-15-18(10-13-20(21)23)22(26)24-19-11-8-17(9-12-19)16(3)4/h8-13,15-16H,5-7,14H2,1-4H3,(H,24,26). The number of nitrogens with one attached hydrogen (secondary N) is 1. The molecule has 0 saturated carbocycles. The van der Waals surface area contributed by atoms with Crippen molar-refractivity contribution in [1.29, 1.82) is 0 Å². The molecule has 0 saturated heterocycles. The first kappa shape index (κ1) is 23.0. The number of carbonyl (C=O) groups is 1. The number of carbonyl (C=O) groups excluding carboxylic acids is 1. The molecule has 0 spiro atoms. The molecule has 0 aliphatic carbocycles. The second kappa shape index (κ2) is 9.98. The lowest BCUT2D eigenvalue weighted by molar-refractivity contribution is 0.102. The van der Waals surface area contributed by atoms with Crippen LogP contribution in [-0.4, -0.2) is 31.7 Å². The summed E-state index contributed by atoms with van der Waals surface area (Å²) in [6.07, 6.45) is 1.51. The molecule has 2 rings (SSSR count). The van der Waals surface area contributed by atoms with Gasteiger partial charge < -0.3 is 5.32 Å². The molecule has 0 atom stereocenters. The van der Waals surface area contributed by atoms with Crippen molar-refractivity contribution in [3.63, 3.8) is 0 Å². The minimum Gasteiger partial charge on any atom is -0.322 e. The molecular formula is C22H29FN2O3S. The highest BCUT2D eigenvalue weighted by molar-refractivity contribution is 7.89. The summed E-state index contributed by atoms with van der Waals surface area (Å²) in [5.74, 6) is -0.980. The summed E-state index contributed by atoms with van der Waals surface area (Å²) in [4.78, 5) is 12.1. The van der Waals surface area contributed by atoms with E-state index in [2.05, 4.69) is 19.2 Å². The fourth-order valence-electron chi connectivity index (χ4n) is 2.92. The molecule has 1 amide bonds. The van der Waals surface area contributed by atoms with Gasteiger partial charge in [0.15, 0.2) is 0 Å². The first-order valence-corrected chi connectivity index (χ1v) is 11.4. The van der Waals surface area contributed by atoms with E-state index >= 15 is 0 Å². The molecule has 0 radical (unpaired) electrons. The third kappa shape index (κ3) is 5.64. The molecule has 2 aromatic rings. The average molecular weight is 421 g/mol. The molecule has 5 nitrogen and oxygen atoms in total. The molecule has 2 aromatic carbocycles. The largest absolute Gasteiger partial charge is 0.322 e. The Balaban J connectivity index is 2.28. The van der Waals surface area contributed by atoms with Crippen LogP contribution in [0.1, 0.15) is 62.4 Å². The number of nitrogens with zero attached hydrogens (tertiary/aromatic N) is 1. The van der Waals surface area contributed by atoms with E-state index in [0.717, 1.165) is 24.1 Å². The van der Waals surface area contributed by atoms with Gasteiger partial charge in [0.2, 0.25) is 10.0 Å². The molecule has 0 unspecified atom stereocenters. The summed E-state index contributed by atoms with van der Waals surface area (Å²) in [6, 6.07) is 10.8. The van der Waals surface area contributed by atoms with E-state index in [4.69, 9.17) is 0 Å². The maximum absolute atomic E-state index is 14.4. The van der Waals surface area contributed by atoms with Gasteiger partial charge in [0.25, 0.3) is 5.91 Å². The van der Waals surface area contributed by atoms with Crippen LogP contribution in [0.3, 0.4) is 0 Å². The Morgan fingerprint density at radius 3 is 2.31 bits per heavy atom. The third-order valence-corrected chi connectivity index (χ3v) is 6.75. The Bertz CT molecular complexity index is 941. The van der Waals surface area contributed by atoms with Crippen LogP contribution in [-0.2, 0) is 10.0 Å². The van der Waals surface area contributed by atoms with Crippen molar-refractivity contribution in [3.8, 4) is 0 Å². The van der Waals surface area contributed by atoms with Crippen molar-refractivity contribution in [2.45, 2.75) is 51.3 Å². The van der Waals surface area contributed by atoms with E-state index < -0.39 is 26.6 Å². The number of unbranched alkanes of at least 4 members (excludes halogenated alkanes) is 1. The molecule has 0 bridgehead atoms. The van der Waals surface area contributed by atoms with Gasteiger partial charge in [-0.3, -0.25) is 4.79 Å². The first-order chi connectivity index (χ1) is 13.7. The van der Waals surface area contributed by atoms with Crippen molar-refractivity contribution in [3.05, 3.63) is 59.4 Å². The lowest BCUT2D eigenvalue weighted by Gasteiger charge is -2.21. The van der Waals surface area contributed by atoms with Gasteiger partial charge in [-0.25, -0.2) is 12.8 Å². The summed E-state index contributed by atoms with van der Waals surface area (Å²) in [5.41, 5.74) is 1.82. The minimum absolute atomic E-state index is 0.0875. The summed E-state index contributed by atoms with van der Waals surface area (Å²) in [7, 11) is -4.02. The van der Waals surface area contributed by atoms with Gasteiger partial charge in [-0.2, -0.15) is 4.31 Å². The molecule has 0 aliphatic heterocycles. The van der Waals surface area contributed by atoms with Crippen molar-refractivity contribution in [2.75, 3.05) is 18.4 Å². The predicted octanol–water partition coefficient (Wildman–Crippen LogP) is 5.01. The normalized spacial score (nSPS) is 11.8. The van der Waals surface area contributed by atoms with Gasteiger partial charge >= 0.3 is 0 Å². The van der Waals surface area contributed by atoms with Crippen molar-refractivity contribution >= 4 is 21.6 Å². The summed E-state index contributed by atoms with van der Waals surface area (Å²) >= 11 is 0. The Morgan fingerprint density at radius 1 is 1.10 bits per heavy atom. The number of benzene rings is 2. The maximum Gasteiger partial charge on any atom is 0.255 e. The van der Waals surface area contributed by atoms with Gasteiger partial charge in [0.05, 0.1) is 0 Å². The highest BCUT2D eigenvalue weighted by atomic mass is 32.2. The Kier molecular flexibility index (Phi) is 7.93. The van der Waals surface area contributed by atoms with Gasteiger partial charge in [-0.15, -0.1) is 0 Å². The van der Waals surface area contributed by atoms with E-state index in [1.54, 1.807) is 19.1 Å². The topological polar surface area (TPSA) is 66.5 Å². The number of rotatable bonds is 9. The minimum atomic E-state index is -4.02. The van der Waals surface area contributed by atoms with E-state index in [0.29, 0.717) is 24.6 Å². The van der Waals surface area contributed by atoms with E-state index in [1.807, 2.05) is 19.1 Å². The van der Waals surface area contributed by atoms with Crippen LogP contribution in [0.4, 0.5) is 10.1 Å². The van der Waals surface area contributed by atoms with Gasteiger partial charge in [0.1, 0.15) is 10.7 Å². The molecule has 0 aromatic heterocycles. The Labute approximate surface area is 173 Å². The van der Waals surface area contributed by atoms with Crippen LogP contribution in [0, 0.1) is 5.82 Å². The molecule has 0 heterocycles. The second-order valence-corrected chi connectivity index (χ2v) is 9.13. The monoisotopic (exact) mass is 420 g/mol. The van der Waals surface area contributed by atoms with Gasteiger partial charge in [0, 0.05) is 24.3 Å². The van der Waals surface area contributed by atoms with E-state index in [-0.39, 0.29) is 12.1 Å². The molecule has 0 fully saturated rings. The molecule has 158 valence electrons. The van der Waals surface area contributed by atoms with Crippen LogP contribution in [0.15, 0.2) is 47.4 Å². The van der Waals surface area contributed by atoms with Crippen molar-refractivity contribution < 1.29 is 17.6 Å². The van der Waals surface area contributed by atoms with Crippen LogP contribution < -0.4 is 5.32 Å². The van der Waals surface area contributed by atoms with E-state index in [9.17, 15) is 17.6 Å². The van der Waals surface area contributed by atoms with Crippen LogP contribution in [0.25, 0.3) is 0 Å². The number of anilines is 1. The Hall–Kier alpha value is -2.25. The van der Waals surface area contributed by atoms with Crippen LogP contribution in [0.2, 0.25) is 0 Å². The first-order valence-electron chi connectivity index (χ1n) is 9.91. The highest BCUT2D eigenvalue weighted by Gasteiger charge is 2.27. The van der Waals surface area contributed by atoms with Gasteiger partial charge in [-0.1, -0.05) is 46.2 Å². The van der Waals surface area contributed by atoms with Crippen LogP contribution >= 0.6 is 0 Å². The molecule has 7 heteroatoms. The van der Waals surface area contributed by atoms with Crippen molar-refractivity contribution in [1.82, 2.24) is 4.31 Å². The summed E-state index contributed by atoms with van der Waals surface area (Å²) < 4.78 is 41.4. The summed E-state index contributed by atoms with van der Waals surface area (Å²) in [6.45, 7) is 8.37. The quantitative estimate of drug-likeness (QED) is 0.620. The number of halogens is 1. The molecule has 0 aliphatic rings. The zero-order valence-corrected chi connectivity index (χ0v) is 18.2. The third-order valence-electron chi connectivity index (χ3n) is 4.76. The lowest BCUT2D eigenvalue weighted by Crippen LogP contribution is -2.32. The molecule has 1 N–H and O–H groups in total. The number of hydrogen-bond donors (Lipinski definition) is 1. The summed E-state index contributed by atoms with van der Waals surface area (Å²) in [5, 5.41) is 2.73. The maximum atomic E-state index is 14.4. The zero-order chi connectivity index (χ0) is 21.6. The average Bonchev–Trinajstić information content (AvgIpc) is 2.69. The molecular weight excluding hydrogens is 391 g/mol. The number of amides is 1. The second-order valence-electron chi connectivity index (χ2n) is 7.23. The highest BCUT2D eigenvalue weighted by Crippen LogP contribution is 2.23. The zero-order valence-electron chi connectivity index (χ0n) is 17.4. The fraction of sp³-hybridized carbons (Fsp3) is 0.409. The Morgan fingerprint density at radius 2 is 1.76 bits per heavy atom. The SMILES string of the molecule is CCCCN(CC)S(=O)(=O)c1cc(C(=O)Nc2ccc(C(C)C)cc2)ccc1F. The molecule has 29 heavy (non-hydrogen) atoms.